The van der Waals surface area contributed by atoms with E-state index in [-0.39, 0.29) is 0 Å². The summed E-state index contributed by atoms with van der Waals surface area (Å²) in [4.78, 5) is 44.4. The van der Waals surface area contributed by atoms with Crippen molar-refractivity contribution in [3.05, 3.63) is 168 Å². The topological polar surface area (TPSA) is 104 Å². The lowest BCUT2D eigenvalue weighted by atomic mass is 9.99. The molecule has 0 aliphatic rings. The molecule has 0 saturated carbocycles. The number of carbonyl (C=O) groups is 2. The van der Waals surface area contributed by atoms with E-state index in [1.54, 1.807) is 48.5 Å². The van der Waals surface area contributed by atoms with Crippen LogP contribution in [0.2, 0.25) is 0 Å². The summed E-state index contributed by atoms with van der Waals surface area (Å²) in [6, 6.07) is 37.5. The average molecular weight is 851 g/mol. The Bertz CT molecular complexity index is 2340. The molecule has 2 heterocycles. The highest BCUT2D eigenvalue weighted by Crippen LogP contribution is 2.30. The second-order valence-corrected chi connectivity index (χ2v) is 16.4. The Labute approximate surface area is 378 Å². The third-order valence-corrected chi connectivity index (χ3v) is 11.5. The zero-order chi connectivity index (χ0) is 44.4. The maximum Gasteiger partial charge on any atom is 0.343 e. The van der Waals surface area contributed by atoms with Crippen LogP contribution in [0.4, 0.5) is 0 Å². The fourth-order valence-electron chi connectivity index (χ4n) is 7.64. The molecule has 0 amide bonds. The molecule has 0 fully saturated rings. The first-order valence-corrected chi connectivity index (χ1v) is 23.0. The molecular weight excluding hydrogens is 793 g/mol. The van der Waals surface area contributed by atoms with Gasteiger partial charge in [0.05, 0.1) is 11.1 Å². The van der Waals surface area contributed by atoms with Gasteiger partial charge < -0.3 is 9.47 Å². The predicted molar refractivity (Wildman–Crippen MR) is 256 cm³/mol. The molecule has 0 aliphatic carbocycles. The summed E-state index contributed by atoms with van der Waals surface area (Å²) in [7, 11) is 0. The van der Waals surface area contributed by atoms with Crippen LogP contribution in [0.1, 0.15) is 123 Å². The van der Waals surface area contributed by atoms with Gasteiger partial charge in [0.1, 0.15) is 11.5 Å². The Kier molecular flexibility index (Phi) is 16.7. The Morgan fingerprint density at radius 1 is 0.391 bits per heavy atom. The number of aromatic nitrogens is 4. The lowest BCUT2D eigenvalue weighted by Gasteiger charge is -2.09. The van der Waals surface area contributed by atoms with Gasteiger partial charge in [0.25, 0.3) is 0 Å². The van der Waals surface area contributed by atoms with Crippen LogP contribution in [0.3, 0.4) is 0 Å². The molecule has 7 aromatic rings. The molecule has 64 heavy (non-hydrogen) atoms. The van der Waals surface area contributed by atoms with E-state index in [9.17, 15) is 9.59 Å². The van der Waals surface area contributed by atoms with E-state index >= 15 is 0 Å². The zero-order valence-electron chi connectivity index (χ0n) is 37.2. The first kappa shape index (κ1) is 45.2. The molecule has 5 aromatic carbocycles. The van der Waals surface area contributed by atoms with Crippen LogP contribution in [-0.2, 0) is 12.8 Å². The van der Waals surface area contributed by atoms with E-state index in [4.69, 9.17) is 9.47 Å². The van der Waals surface area contributed by atoms with Crippen molar-refractivity contribution in [2.75, 3.05) is 0 Å². The SMILES string of the molecule is CCCCCCCCc1cnc(-c2ccc(C(=O)Oc3ccc(-c4cccc(-c5ccc(OC(=O)c6ccc(-c7ncc(CCCCCCCC)cn7)cc6)cc5)c4)cc3)cc2)nc1. The number of ether oxygens (including phenoxy) is 2. The highest BCUT2D eigenvalue weighted by atomic mass is 16.5. The number of rotatable bonds is 22. The van der Waals surface area contributed by atoms with Gasteiger partial charge in [0, 0.05) is 35.9 Å². The largest absolute Gasteiger partial charge is 0.423 e. The predicted octanol–water partition coefficient (Wildman–Crippen LogP) is 14.2. The third kappa shape index (κ3) is 13.1. The summed E-state index contributed by atoms with van der Waals surface area (Å²) in [5.74, 6) is 1.31. The zero-order valence-corrected chi connectivity index (χ0v) is 37.2. The summed E-state index contributed by atoms with van der Waals surface area (Å²) in [6.07, 6.45) is 24.7. The lowest BCUT2D eigenvalue weighted by Crippen LogP contribution is -2.08. The van der Waals surface area contributed by atoms with E-state index in [1.807, 2.05) is 91.5 Å². The molecule has 0 N–H and O–H groups in total. The van der Waals surface area contributed by atoms with Gasteiger partial charge in [-0.05, 0) is 114 Å². The Morgan fingerprint density at radius 2 is 0.734 bits per heavy atom. The molecule has 0 aliphatic heterocycles. The van der Waals surface area contributed by atoms with E-state index < -0.39 is 11.9 Å². The number of hydrogen-bond donors (Lipinski definition) is 0. The first-order chi connectivity index (χ1) is 31.4. The maximum absolute atomic E-state index is 13.0. The molecule has 0 atom stereocenters. The normalized spacial score (nSPS) is 11.0. The number of benzene rings is 5. The van der Waals surface area contributed by atoms with E-state index in [2.05, 4.69) is 39.8 Å². The van der Waals surface area contributed by atoms with Gasteiger partial charge in [-0.3, -0.25) is 0 Å². The van der Waals surface area contributed by atoms with Crippen molar-refractivity contribution in [1.82, 2.24) is 19.9 Å². The highest BCUT2D eigenvalue weighted by molar-refractivity contribution is 5.92. The monoisotopic (exact) mass is 850 g/mol. The molecule has 0 unspecified atom stereocenters. The van der Waals surface area contributed by atoms with E-state index in [0.29, 0.717) is 34.3 Å². The van der Waals surface area contributed by atoms with E-state index in [1.165, 1.54) is 64.2 Å². The van der Waals surface area contributed by atoms with Crippen LogP contribution in [0.25, 0.3) is 45.0 Å². The number of unbranched alkanes of at least 4 members (excludes halogenated alkanes) is 10. The van der Waals surface area contributed by atoms with Gasteiger partial charge >= 0.3 is 11.9 Å². The molecule has 2 aromatic heterocycles. The molecular formula is C56H58N4O4. The van der Waals surface area contributed by atoms with Gasteiger partial charge in [0.2, 0.25) is 0 Å². The van der Waals surface area contributed by atoms with Crippen LogP contribution in [0.15, 0.2) is 146 Å². The summed E-state index contributed by atoms with van der Waals surface area (Å²) >= 11 is 0. The summed E-state index contributed by atoms with van der Waals surface area (Å²) in [5.41, 5.74) is 8.86. The van der Waals surface area contributed by atoms with Gasteiger partial charge in [-0.15, -0.1) is 0 Å². The quantitative estimate of drug-likeness (QED) is 0.0377. The lowest BCUT2D eigenvalue weighted by molar-refractivity contribution is 0.0725. The Morgan fingerprint density at radius 3 is 1.11 bits per heavy atom. The molecule has 7 rings (SSSR count). The van der Waals surface area contributed by atoms with Crippen LogP contribution in [0.5, 0.6) is 11.5 Å². The second kappa shape index (κ2) is 23.6. The second-order valence-electron chi connectivity index (χ2n) is 16.4. The molecule has 0 saturated heterocycles. The smallest absolute Gasteiger partial charge is 0.343 e. The van der Waals surface area contributed by atoms with Gasteiger partial charge in [-0.2, -0.15) is 0 Å². The number of nitrogens with zero attached hydrogens (tertiary/aromatic N) is 4. The van der Waals surface area contributed by atoms with Gasteiger partial charge in [-0.25, -0.2) is 29.5 Å². The maximum atomic E-state index is 13.0. The number of carbonyl (C=O) groups excluding carboxylic acids is 2. The van der Waals surface area contributed by atoms with Gasteiger partial charge in [-0.1, -0.05) is 145 Å². The molecule has 326 valence electrons. The summed E-state index contributed by atoms with van der Waals surface area (Å²) in [5, 5.41) is 0. The van der Waals surface area contributed by atoms with Crippen molar-refractivity contribution in [2.45, 2.75) is 104 Å². The van der Waals surface area contributed by atoms with Crippen molar-refractivity contribution in [3.63, 3.8) is 0 Å². The number of aryl methyl sites for hydroxylation is 2. The molecule has 0 spiro atoms. The Balaban J connectivity index is 0.876. The standard InChI is InChI=1S/C56H58N4O4/c1-3-5-7-9-11-13-16-41-37-57-53(58-38-41)45-20-24-47(25-21-45)55(61)63-51-32-28-43(29-33-51)49-18-15-19-50(36-49)44-30-34-52(35-31-44)64-56(62)48-26-22-46(23-27-48)54-59-39-42(40-60-54)17-14-12-10-8-6-4-2/h15,18-40H,3-14,16-17H2,1-2H3. The molecule has 8 nitrogen and oxygen atoms in total. The summed E-state index contributed by atoms with van der Waals surface area (Å²) in [6.45, 7) is 4.47. The minimum Gasteiger partial charge on any atom is -0.423 e. The van der Waals surface area contributed by atoms with Crippen LogP contribution in [0, 0.1) is 0 Å². The molecule has 0 radical (unpaired) electrons. The first-order valence-electron chi connectivity index (χ1n) is 23.0. The van der Waals surface area contributed by atoms with Crippen molar-refractivity contribution < 1.29 is 19.1 Å². The number of hydrogen-bond acceptors (Lipinski definition) is 8. The van der Waals surface area contributed by atoms with Gasteiger partial charge in [0.15, 0.2) is 11.6 Å². The fourth-order valence-corrected chi connectivity index (χ4v) is 7.64. The fraction of sp³-hybridized carbons (Fsp3) is 0.286. The molecule has 8 heteroatoms. The van der Waals surface area contributed by atoms with Crippen molar-refractivity contribution >= 4 is 11.9 Å². The average Bonchev–Trinajstić information content (AvgIpc) is 3.35. The number of esters is 2. The summed E-state index contributed by atoms with van der Waals surface area (Å²) < 4.78 is 11.4. The highest BCUT2D eigenvalue weighted by Gasteiger charge is 2.13. The van der Waals surface area contributed by atoms with Crippen LogP contribution < -0.4 is 9.47 Å². The van der Waals surface area contributed by atoms with E-state index in [0.717, 1.165) is 70.2 Å². The van der Waals surface area contributed by atoms with Crippen LogP contribution >= 0.6 is 0 Å². The van der Waals surface area contributed by atoms with Crippen LogP contribution in [-0.4, -0.2) is 31.9 Å². The van der Waals surface area contributed by atoms with Crippen molar-refractivity contribution in [2.24, 2.45) is 0 Å². The third-order valence-electron chi connectivity index (χ3n) is 11.5. The Hall–Kier alpha value is -6.80. The minimum atomic E-state index is -0.436. The minimum absolute atomic E-state index is 0.436. The van der Waals surface area contributed by atoms with Crippen molar-refractivity contribution in [1.29, 1.82) is 0 Å². The molecule has 0 bridgehead atoms. The van der Waals surface area contributed by atoms with Crippen molar-refractivity contribution in [3.8, 4) is 56.5 Å².